The van der Waals surface area contributed by atoms with Crippen LogP contribution in [0.15, 0.2) is 53.2 Å². The number of nitrogens with two attached hydrogens (primary N) is 2. The highest BCUT2D eigenvalue weighted by Gasteiger charge is 2.23. The highest BCUT2D eigenvalue weighted by molar-refractivity contribution is 6.12. The number of carbonyl (C=O) groups is 3. The summed E-state index contributed by atoms with van der Waals surface area (Å²) in [6, 6.07) is 6.71. The average Bonchev–Trinajstić information content (AvgIpc) is 3.94. The number of pyridine rings is 1. The normalized spacial score (nSPS) is 11.7. The number of benzene rings is 1. The number of aromatic nitrogens is 9. The fourth-order valence-corrected chi connectivity index (χ4v) is 6.55. The van der Waals surface area contributed by atoms with Crippen molar-refractivity contribution in [3.63, 3.8) is 0 Å². The van der Waals surface area contributed by atoms with E-state index in [1.165, 1.54) is 12.3 Å². The van der Waals surface area contributed by atoms with Crippen LogP contribution < -0.4 is 21.5 Å². The summed E-state index contributed by atoms with van der Waals surface area (Å²) in [7, 11) is 0. The molecule has 0 radical (unpaired) electrons. The molecule has 0 atom stereocenters. The van der Waals surface area contributed by atoms with Gasteiger partial charge in [0.15, 0.2) is 17.4 Å². The third-order valence-corrected chi connectivity index (χ3v) is 9.12. The standard InChI is InChI=1S/C38H40N12O6/c1-5-26-31(56-21(4)43-26)37(54)46-38-44-27-16-23(33(40)53)18-42-36(27)49(38)11-8-7-10-48-30-24(15-22(32(39)52)17-29(30)55-13-9-12-51)25-19-41-34(45-35(25)48)28-14-20(3)47-50(28)6-2/h7-8,14-19,51H,5-6,9-13H2,1-4H3,(H2,39,52)(H2,40,53)(H,44,46,54)/b8-7+. The number of anilines is 1. The summed E-state index contributed by atoms with van der Waals surface area (Å²) in [4.78, 5) is 60.9. The van der Waals surface area contributed by atoms with Gasteiger partial charge in [-0.3, -0.25) is 28.9 Å². The number of ether oxygens (including phenoxy) is 1. The predicted octanol–water partition coefficient (Wildman–Crippen LogP) is 3.85. The molecule has 0 fully saturated rings. The third-order valence-electron chi connectivity index (χ3n) is 9.12. The van der Waals surface area contributed by atoms with Crippen molar-refractivity contribution in [2.24, 2.45) is 11.5 Å². The maximum Gasteiger partial charge on any atom is 0.295 e. The number of aryl methyl sites for hydroxylation is 4. The van der Waals surface area contributed by atoms with E-state index in [1.807, 2.05) is 48.2 Å². The Morgan fingerprint density at radius 3 is 2.39 bits per heavy atom. The Bertz CT molecular complexity index is 2680. The number of carbonyl (C=O) groups excluding carboxylic acids is 3. The second-order valence-corrected chi connectivity index (χ2v) is 13.0. The molecule has 0 saturated heterocycles. The third kappa shape index (κ3) is 7.04. The van der Waals surface area contributed by atoms with Gasteiger partial charge in [0, 0.05) is 68.3 Å². The Kier molecular flexibility index (Phi) is 10.3. The maximum absolute atomic E-state index is 13.4. The van der Waals surface area contributed by atoms with Crippen molar-refractivity contribution in [1.29, 1.82) is 0 Å². The van der Waals surface area contributed by atoms with Gasteiger partial charge in [-0.2, -0.15) is 5.10 Å². The number of rotatable bonds is 15. The van der Waals surface area contributed by atoms with Crippen molar-refractivity contribution >= 4 is 56.8 Å². The van der Waals surface area contributed by atoms with Crippen LogP contribution in [-0.4, -0.2) is 79.9 Å². The quantitative estimate of drug-likeness (QED) is 0.0860. The zero-order valence-electron chi connectivity index (χ0n) is 31.2. The van der Waals surface area contributed by atoms with Crippen LogP contribution in [0.5, 0.6) is 5.75 Å². The van der Waals surface area contributed by atoms with Crippen LogP contribution in [0.2, 0.25) is 0 Å². The van der Waals surface area contributed by atoms with E-state index in [-0.39, 0.29) is 49.1 Å². The van der Waals surface area contributed by atoms with Crippen LogP contribution >= 0.6 is 0 Å². The van der Waals surface area contributed by atoms with Crippen LogP contribution in [0.1, 0.15) is 68.8 Å². The zero-order valence-corrected chi connectivity index (χ0v) is 31.2. The van der Waals surface area contributed by atoms with E-state index >= 15 is 0 Å². The number of nitrogens with one attached hydrogen (secondary N) is 1. The summed E-state index contributed by atoms with van der Waals surface area (Å²) in [6.07, 6.45) is 7.70. The van der Waals surface area contributed by atoms with Gasteiger partial charge in [-0.15, -0.1) is 0 Å². The topological polar surface area (TPSA) is 250 Å². The van der Waals surface area contributed by atoms with Crippen LogP contribution in [0.25, 0.3) is 44.6 Å². The molecular formula is C38H40N12O6. The first-order valence-electron chi connectivity index (χ1n) is 18.0. The Hall–Kier alpha value is -6.95. The molecule has 288 valence electrons. The summed E-state index contributed by atoms with van der Waals surface area (Å²) in [6.45, 7) is 8.63. The van der Waals surface area contributed by atoms with Crippen molar-refractivity contribution in [1.82, 2.24) is 43.8 Å². The molecule has 0 saturated carbocycles. The van der Waals surface area contributed by atoms with E-state index < -0.39 is 17.7 Å². The number of allylic oxidation sites excluding steroid dienone is 2. The molecule has 3 amide bonds. The Morgan fingerprint density at radius 2 is 1.68 bits per heavy atom. The summed E-state index contributed by atoms with van der Waals surface area (Å²) in [5, 5.41) is 18.2. The molecule has 6 heterocycles. The number of fused-ring (bicyclic) bond motifs is 4. The molecule has 0 bridgehead atoms. The van der Waals surface area contributed by atoms with Crippen LogP contribution in [-0.2, 0) is 26.1 Å². The highest BCUT2D eigenvalue weighted by Crippen LogP contribution is 2.36. The summed E-state index contributed by atoms with van der Waals surface area (Å²) >= 11 is 0. The lowest BCUT2D eigenvalue weighted by molar-refractivity contribution is 0.0987. The van der Waals surface area contributed by atoms with Crippen LogP contribution in [0.3, 0.4) is 0 Å². The van der Waals surface area contributed by atoms with Gasteiger partial charge in [-0.05, 0) is 44.5 Å². The molecule has 1 aromatic carbocycles. The van der Waals surface area contributed by atoms with Crippen molar-refractivity contribution < 1.29 is 28.6 Å². The van der Waals surface area contributed by atoms with E-state index in [9.17, 15) is 19.5 Å². The first-order valence-corrected chi connectivity index (χ1v) is 18.0. The van der Waals surface area contributed by atoms with Crippen molar-refractivity contribution in [3.05, 3.63) is 83.0 Å². The number of oxazole rings is 1. The summed E-state index contributed by atoms with van der Waals surface area (Å²) < 4.78 is 17.2. The second kappa shape index (κ2) is 15.4. The van der Waals surface area contributed by atoms with Gasteiger partial charge in [0.1, 0.15) is 22.6 Å². The van der Waals surface area contributed by atoms with E-state index in [2.05, 4.69) is 25.4 Å². The van der Waals surface area contributed by atoms with E-state index in [1.54, 1.807) is 29.8 Å². The lowest BCUT2D eigenvalue weighted by Gasteiger charge is -2.12. The monoisotopic (exact) mass is 760 g/mol. The largest absolute Gasteiger partial charge is 0.491 e. The van der Waals surface area contributed by atoms with Gasteiger partial charge in [-0.1, -0.05) is 19.1 Å². The molecule has 0 spiro atoms. The Balaban J connectivity index is 1.31. The van der Waals surface area contributed by atoms with E-state index in [0.717, 1.165) is 11.4 Å². The van der Waals surface area contributed by atoms with Gasteiger partial charge in [0.05, 0.1) is 29.1 Å². The van der Waals surface area contributed by atoms with Crippen molar-refractivity contribution in [2.75, 3.05) is 18.5 Å². The number of hydrogen-bond acceptors (Lipinski definition) is 12. The molecule has 6 N–H and O–H groups in total. The fraction of sp³-hybridized carbons (Fsp3) is 0.289. The Morgan fingerprint density at radius 1 is 0.911 bits per heavy atom. The second-order valence-electron chi connectivity index (χ2n) is 13.0. The Labute approximate surface area is 319 Å². The minimum atomic E-state index is -0.667. The summed E-state index contributed by atoms with van der Waals surface area (Å²) in [5.41, 5.74) is 15.7. The van der Waals surface area contributed by atoms with Crippen LogP contribution in [0, 0.1) is 13.8 Å². The molecule has 18 heteroatoms. The number of hydrogen-bond donors (Lipinski definition) is 4. The molecule has 6 aromatic heterocycles. The van der Waals surface area contributed by atoms with Gasteiger partial charge in [0.25, 0.3) is 5.91 Å². The van der Waals surface area contributed by atoms with Crippen molar-refractivity contribution in [2.45, 2.75) is 60.2 Å². The number of primary amides is 2. The zero-order chi connectivity index (χ0) is 39.7. The van der Waals surface area contributed by atoms with E-state index in [0.29, 0.717) is 75.6 Å². The molecule has 7 aromatic rings. The number of nitrogens with zero attached hydrogens (tertiary/aromatic N) is 9. The molecular weight excluding hydrogens is 720 g/mol. The summed E-state index contributed by atoms with van der Waals surface area (Å²) in [5.74, 6) is -0.385. The van der Waals surface area contributed by atoms with Gasteiger partial charge in [0.2, 0.25) is 23.5 Å². The molecule has 56 heavy (non-hydrogen) atoms. The lowest BCUT2D eigenvalue weighted by Crippen LogP contribution is -2.17. The van der Waals surface area contributed by atoms with E-state index in [4.69, 9.17) is 30.6 Å². The maximum atomic E-state index is 13.4. The minimum Gasteiger partial charge on any atom is -0.491 e. The highest BCUT2D eigenvalue weighted by atomic mass is 16.5. The first kappa shape index (κ1) is 37.4. The van der Waals surface area contributed by atoms with Crippen molar-refractivity contribution in [3.8, 4) is 17.3 Å². The molecule has 0 aliphatic heterocycles. The number of aliphatic hydroxyl groups is 1. The molecule has 0 unspecified atom stereocenters. The van der Waals surface area contributed by atoms with Gasteiger partial charge >= 0.3 is 0 Å². The molecule has 7 rings (SSSR count). The van der Waals surface area contributed by atoms with Gasteiger partial charge in [-0.25, -0.2) is 24.9 Å². The smallest absolute Gasteiger partial charge is 0.295 e. The first-order chi connectivity index (χ1) is 27.0. The molecule has 0 aliphatic carbocycles. The molecule has 18 nitrogen and oxygen atoms in total. The fourth-order valence-electron chi connectivity index (χ4n) is 6.55. The minimum absolute atomic E-state index is 0.0753. The lowest BCUT2D eigenvalue weighted by atomic mass is 10.1. The number of amides is 3. The van der Waals surface area contributed by atoms with Crippen LogP contribution in [0.4, 0.5) is 5.95 Å². The predicted molar refractivity (Wildman–Crippen MR) is 206 cm³/mol. The average molecular weight is 761 g/mol. The number of imidazole rings is 1. The molecule has 0 aliphatic rings. The van der Waals surface area contributed by atoms with Gasteiger partial charge < -0.3 is 30.3 Å². The number of aliphatic hydroxyl groups excluding tert-OH is 1. The SMILES string of the molecule is CCc1nc(C)oc1C(=O)Nc1nc2cc(C(N)=O)cnc2n1C/C=C/Cn1c2nc(-c3cc(C)nn3CC)ncc2c2cc(C(N)=O)cc(OCCCO)c21.